The molecular formula is C32H54O28. The summed E-state index contributed by atoms with van der Waals surface area (Å²) < 4.78 is 54.1. The quantitative estimate of drug-likeness (QED) is 0.0679. The number of hydrogen-bond acceptors (Lipinski definition) is 28. The van der Waals surface area contributed by atoms with Gasteiger partial charge in [-0.05, 0) is 0 Å². The summed E-state index contributed by atoms with van der Waals surface area (Å²) in [4.78, 5) is 11.7. The summed E-state index contributed by atoms with van der Waals surface area (Å²) in [6.45, 7) is -5.85. The fraction of sp³-hybridized carbons (Fsp3) is 0.969. The number of aliphatic hydroxyl groups excluding tert-OH is 17. The van der Waals surface area contributed by atoms with Gasteiger partial charge < -0.3 is 134 Å². The van der Waals surface area contributed by atoms with Crippen LogP contribution in [-0.4, -0.2) is 286 Å². The Kier molecular flexibility index (Phi) is 17.6. The Labute approximate surface area is 338 Å². The van der Waals surface area contributed by atoms with Gasteiger partial charge in [0.2, 0.25) is 0 Å². The normalized spacial score (nSPS) is 50.3. The molecule has 17 N–H and O–H groups in total. The first kappa shape index (κ1) is 49.4. The third kappa shape index (κ3) is 10.2. The lowest BCUT2D eigenvalue weighted by Gasteiger charge is -2.49. The van der Waals surface area contributed by atoms with E-state index >= 15 is 0 Å². The third-order valence-electron chi connectivity index (χ3n) is 10.7. The zero-order chi connectivity index (χ0) is 44.3. The molecule has 1 unspecified atom stereocenters. The highest BCUT2D eigenvalue weighted by Gasteiger charge is 2.56. The highest BCUT2D eigenvalue weighted by atomic mass is 16.8. The molecule has 5 saturated heterocycles. The Morgan fingerprint density at radius 2 is 0.650 bits per heavy atom. The van der Waals surface area contributed by atoms with Gasteiger partial charge in [-0.1, -0.05) is 0 Å². The molecule has 5 aliphatic heterocycles. The number of carbonyl (C=O) groups is 1. The van der Waals surface area contributed by atoms with Crippen molar-refractivity contribution in [2.24, 2.45) is 0 Å². The van der Waals surface area contributed by atoms with E-state index in [-0.39, 0.29) is 0 Å². The molecule has 5 aliphatic rings. The molecule has 5 fully saturated rings. The smallest absolute Gasteiger partial charge is 0.332 e. The van der Waals surface area contributed by atoms with E-state index in [0.717, 1.165) is 0 Å². The largest absolute Gasteiger partial charge is 0.455 e. The topological polar surface area (TPSA) is 453 Å². The molecule has 60 heavy (non-hydrogen) atoms. The van der Waals surface area contributed by atoms with Crippen molar-refractivity contribution in [3.63, 3.8) is 0 Å². The van der Waals surface area contributed by atoms with Gasteiger partial charge in [0.1, 0.15) is 123 Å². The maximum absolute atomic E-state index is 11.7. The Morgan fingerprint density at radius 1 is 0.350 bits per heavy atom. The van der Waals surface area contributed by atoms with Crippen molar-refractivity contribution in [3.05, 3.63) is 0 Å². The molecule has 0 aromatic carbocycles. The summed E-state index contributed by atoms with van der Waals surface area (Å²) in [5, 5.41) is 176. The van der Waals surface area contributed by atoms with Crippen LogP contribution in [0.15, 0.2) is 0 Å². The van der Waals surface area contributed by atoms with E-state index in [1.54, 1.807) is 0 Å². The van der Waals surface area contributed by atoms with E-state index < -0.39 is 199 Å². The van der Waals surface area contributed by atoms with E-state index in [9.17, 15) is 86.5 Å². The lowest BCUT2D eigenvalue weighted by Crippen LogP contribution is -2.68. The zero-order valence-electron chi connectivity index (χ0n) is 31.3. The minimum absolute atomic E-state index is 0.847. The molecule has 28 nitrogen and oxygen atoms in total. The molecular weight excluding hydrogens is 832 g/mol. The Balaban J connectivity index is 1.23. The molecule has 0 spiro atoms. The van der Waals surface area contributed by atoms with Gasteiger partial charge in [0.05, 0.1) is 33.0 Å². The summed E-state index contributed by atoms with van der Waals surface area (Å²) in [6, 6.07) is 0. The highest BCUT2D eigenvalue weighted by Crippen LogP contribution is 2.35. The number of rotatable bonds is 15. The van der Waals surface area contributed by atoms with Gasteiger partial charge in [-0.2, -0.15) is 0 Å². The van der Waals surface area contributed by atoms with Gasteiger partial charge in [0.25, 0.3) is 0 Å². The Hall–Kier alpha value is -1.57. The van der Waals surface area contributed by atoms with Gasteiger partial charge in [0, 0.05) is 0 Å². The second-order valence-electron chi connectivity index (χ2n) is 14.6. The third-order valence-corrected chi connectivity index (χ3v) is 10.7. The van der Waals surface area contributed by atoms with Crippen LogP contribution in [0.4, 0.5) is 0 Å². The van der Waals surface area contributed by atoms with Crippen LogP contribution in [0, 0.1) is 0 Å². The van der Waals surface area contributed by atoms with Crippen molar-refractivity contribution in [3.8, 4) is 0 Å². The molecule has 5 rings (SSSR count). The standard InChI is InChI=1S/C32H54O28/c33-1-7-13(40)27(56-12(39)6-38)22(49)32(52-7)60-26-11(5-37)55-31(21(48)17(26)44)59-25-10(4-36)54-30(20(47)16(25)43)58-24-9(3-35)53-29(19(46)15(24)42)57-23-8(2-34)51-28(50)18(45)14(23)41/h7-11,13-38,40-50H,1-6H2/t7-,8-,9-,10-,11-,13-,14-,15-,16-,17-,18-,19-,20-,21-,22-,23-,24-,25-,26-,27+,28?,29-,30-,31-,32-/m1/s1. The molecule has 0 aromatic heterocycles. The number of esters is 1. The van der Waals surface area contributed by atoms with Crippen LogP contribution in [-0.2, 0) is 52.2 Å². The monoisotopic (exact) mass is 886 g/mol. The minimum Gasteiger partial charge on any atom is -0.455 e. The maximum Gasteiger partial charge on any atom is 0.332 e. The fourth-order valence-electron chi connectivity index (χ4n) is 7.35. The van der Waals surface area contributed by atoms with E-state index in [4.69, 9.17) is 52.5 Å². The summed E-state index contributed by atoms with van der Waals surface area (Å²) in [6.07, 6.45) is -46.8. The van der Waals surface area contributed by atoms with Crippen LogP contribution in [0.1, 0.15) is 0 Å². The Bertz CT molecular complexity index is 1330. The predicted molar refractivity (Wildman–Crippen MR) is 177 cm³/mol. The molecule has 28 heteroatoms. The second-order valence-corrected chi connectivity index (χ2v) is 14.6. The van der Waals surface area contributed by atoms with E-state index in [1.807, 2.05) is 0 Å². The van der Waals surface area contributed by atoms with Gasteiger partial charge >= 0.3 is 5.97 Å². The SMILES string of the molecule is O=C(CO)O[C@@H]1[C@@H](O)[C@@H](O[C@H]2[C@H](O)[C@@H](O)[C@@H](O[C@H]3[C@H](O)[C@@H](O)[C@@H](O[C@H]4[C@H](O)[C@@H](O)[C@@H](O[C@H]5[C@H](O)[C@@H](O)C(O)O[C@@H]5CO)O[C@@H]4CO)O[C@@H]3CO)O[C@@H]2CO)O[C@H](CO)[C@H]1O. The van der Waals surface area contributed by atoms with Crippen LogP contribution < -0.4 is 0 Å². The van der Waals surface area contributed by atoms with E-state index in [0.29, 0.717) is 0 Å². The van der Waals surface area contributed by atoms with Crippen molar-refractivity contribution in [2.45, 2.75) is 154 Å². The maximum atomic E-state index is 11.7. The predicted octanol–water partition coefficient (Wildman–Crippen LogP) is -12.4. The van der Waals surface area contributed by atoms with Crippen molar-refractivity contribution < 1.29 is 139 Å². The average Bonchev–Trinajstić information content (AvgIpc) is 3.24. The van der Waals surface area contributed by atoms with Gasteiger partial charge in [-0.15, -0.1) is 0 Å². The van der Waals surface area contributed by atoms with E-state index in [2.05, 4.69) is 0 Å². The van der Waals surface area contributed by atoms with Gasteiger partial charge in [-0.3, -0.25) is 0 Å². The first-order valence-corrected chi connectivity index (χ1v) is 18.7. The molecule has 0 aromatic rings. The van der Waals surface area contributed by atoms with Crippen LogP contribution in [0.2, 0.25) is 0 Å². The van der Waals surface area contributed by atoms with Crippen LogP contribution >= 0.6 is 0 Å². The van der Waals surface area contributed by atoms with Crippen LogP contribution in [0.5, 0.6) is 0 Å². The van der Waals surface area contributed by atoms with Crippen molar-refractivity contribution >= 4 is 5.97 Å². The molecule has 0 saturated carbocycles. The molecule has 25 atom stereocenters. The van der Waals surface area contributed by atoms with Crippen LogP contribution in [0.3, 0.4) is 0 Å². The van der Waals surface area contributed by atoms with Gasteiger partial charge in [-0.25, -0.2) is 4.79 Å². The number of carbonyl (C=O) groups excluding carboxylic acids is 1. The number of hydrogen-bond donors (Lipinski definition) is 17. The lowest BCUT2D eigenvalue weighted by atomic mass is 9.95. The molecule has 0 aliphatic carbocycles. The second kappa shape index (κ2) is 21.4. The molecule has 350 valence electrons. The highest BCUT2D eigenvalue weighted by molar-refractivity contribution is 5.70. The lowest BCUT2D eigenvalue weighted by molar-refractivity contribution is -0.392. The summed E-state index contributed by atoms with van der Waals surface area (Å²) in [7, 11) is 0. The molecule has 5 heterocycles. The summed E-state index contributed by atoms with van der Waals surface area (Å²) in [5.41, 5.74) is 0. The number of aliphatic hydroxyl groups is 17. The van der Waals surface area contributed by atoms with Gasteiger partial charge in [0.15, 0.2) is 37.6 Å². The average molecular weight is 887 g/mol. The molecule has 0 radical (unpaired) electrons. The Morgan fingerprint density at radius 3 is 0.983 bits per heavy atom. The van der Waals surface area contributed by atoms with Crippen molar-refractivity contribution in [2.75, 3.05) is 39.6 Å². The first-order valence-electron chi connectivity index (χ1n) is 18.7. The van der Waals surface area contributed by atoms with Crippen LogP contribution in [0.25, 0.3) is 0 Å². The van der Waals surface area contributed by atoms with E-state index in [1.165, 1.54) is 0 Å². The number of ether oxygens (including phenoxy) is 10. The zero-order valence-corrected chi connectivity index (χ0v) is 31.3. The molecule has 0 amide bonds. The van der Waals surface area contributed by atoms with Crippen molar-refractivity contribution in [1.29, 1.82) is 0 Å². The fourth-order valence-corrected chi connectivity index (χ4v) is 7.35. The molecule has 0 bridgehead atoms. The first-order chi connectivity index (χ1) is 28.5. The summed E-state index contributed by atoms with van der Waals surface area (Å²) >= 11 is 0. The van der Waals surface area contributed by atoms with Crippen molar-refractivity contribution in [1.82, 2.24) is 0 Å². The summed E-state index contributed by atoms with van der Waals surface area (Å²) in [5.74, 6) is -1.27. The minimum atomic E-state index is -2.15.